The molecule has 3 fully saturated rings. The monoisotopic (exact) mass is 429 g/mol. The fourth-order valence-electron chi connectivity index (χ4n) is 6.39. The van der Waals surface area contributed by atoms with Gasteiger partial charge in [-0.2, -0.15) is 5.10 Å². The molecule has 0 bridgehead atoms. The summed E-state index contributed by atoms with van der Waals surface area (Å²) in [7, 11) is 2.00. The molecule has 3 heterocycles. The number of carbonyl (C=O) groups excluding carboxylic acids is 1. The van der Waals surface area contributed by atoms with E-state index in [2.05, 4.69) is 15.3 Å². The van der Waals surface area contributed by atoms with E-state index in [1.165, 1.54) is 43.4 Å². The highest BCUT2D eigenvalue weighted by molar-refractivity contribution is 5.94. The predicted molar refractivity (Wildman–Crippen MR) is 120 cm³/mol. The molecule has 2 aliphatic heterocycles. The van der Waals surface area contributed by atoms with Crippen LogP contribution in [-0.4, -0.2) is 83.0 Å². The number of nitrogens with one attached hydrogen (secondary N) is 1. The number of hydrogen-bond donors (Lipinski definition) is 1. The van der Waals surface area contributed by atoms with Crippen molar-refractivity contribution in [2.45, 2.75) is 75.8 Å². The maximum absolute atomic E-state index is 13.1. The molecule has 7 heteroatoms. The van der Waals surface area contributed by atoms with Gasteiger partial charge in [0, 0.05) is 62.6 Å². The lowest BCUT2D eigenvalue weighted by molar-refractivity contribution is -0.0378. The third-order valence-corrected chi connectivity index (χ3v) is 8.24. The average molecular weight is 430 g/mol. The van der Waals surface area contributed by atoms with E-state index >= 15 is 0 Å². The van der Waals surface area contributed by atoms with Gasteiger partial charge in [0.15, 0.2) is 5.69 Å². The first kappa shape index (κ1) is 21.4. The van der Waals surface area contributed by atoms with Crippen molar-refractivity contribution in [3.05, 3.63) is 17.0 Å². The number of likely N-dealkylation sites (tertiary alicyclic amines) is 1. The molecule has 4 aliphatic rings. The Bertz CT molecular complexity index is 773. The van der Waals surface area contributed by atoms with Crippen molar-refractivity contribution < 1.29 is 9.53 Å². The number of hydrogen-bond acceptors (Lipinski definition) is 5. The van der Waals surface area contributed by atoms with Crippen LogP contribution in [0, 0.1) is 0 Å². The molecule has 172 valence electrons. The van der Waals surface area contributed by atoms with Crippen LogP contribution in [0.3, 0.4) is 0 Å². The molecule has 7 nitrogen and oxygen atoms in total. The van der Waals surface area contributed by atoms with E-state index in [0.717, 1.165) is 78.0 Å². The lowest BCUT2D eigenvalue weighted by Gasteiger charge is -2.49. The largest absolute Gasteiger partial charge is 0.379 e. The van der Waals surface area contributed by atoms with Crippen molar-refractivity contribution in [2.24, 2.45) is 7.05 Å². The number of aryl methyl sites for hydroxylation is 1. The molecule has 0 aromatic carbocycles. The van der Waals surface area contributed by atoms with Crippen molar-refractivity contribution in [2.75, 3.05) is 45.9 Å². The second kappa shape index (κ2) is 9.20. The maximum atomic E-state index is 13.1. The number of nitrogens with zero attached hydrogens (tertiary/aromatic N) is 4. The highest BCUT2D eigenvalue weighted by atomic mass is 16.5. The van der Waals surface area contributed by atoms with E-state index in [9.17, 15) is 4.79 Å². The van der Waals surface area contributed by atoms with Crippen LogP contribution in [0.1, 0.15) is 73.1 Å². The first-order valence-corrected chi connectivity index (χ1v) is 12.6. The quantitative estimate of drug-likeness (QED) is 0.777. The fraction of sp³-hybridized carbons (Fsp3) is 0.833. The summed E-state index contributed by atoms with van der Waals surface area (Å²) < 4.78 is 7.61. The Morgan fingerprint density at radius 2 is 1.84 bits per heavy atom. The van der Waals surface area contributed by atoms with Crippen LogP contribution >= 0.6 is 0 Å². The van der Waals surface area contributed by atoms with Gasteiger partial charge in [0.25, 0.3) is 5.91 Å². The van der Waals surface area contributed by atoms with Gasteiger partial charge in [-0.25, -0.2) is 0 Å². The van der Waals surface area contributed by atoms with Gasteiger partial charge in [0.2, 0.25) is 0 Å². The molecule has 1 amide bonds. The smallest absolute Gasteiger partial charge is 0.274 e. The Balaban J connectivity index is 1.28. The van der Waals surface area contributed by atoms with Crippen LogP contribution < -0.4 is 5.32 Å². The molecular weight excluding hydrogens is 390 g/mol. The molecule has 1 aromatic heterocycles. The summed E-state index contributed by atoms with van der Waals surface area (Å²) in [5.41, 5.74) is 3.46. The zero-order chi connectivity index (χ0) is 21.3. The lowest BCUT2D eigenvalue weighted by atomic mass is 9.79. The van der Waals surface area contributed by atoms with Crippen molar-refractivity contribution in [3.8, 4) is 0 Å². The summed E-state index contributed by atoms with van der Waals surface area (Å²) in [4.78, 5) is 17.8. The topological polar surface area (TPSA) is 62.6 Å². The molecule has 5 rings (SSSR count). The zero-order valence-corrected chi connectivity index (χ0v) is 19.2. The molecule has 0 radical (unpaired) electrons. The van der Waals surface area contributed by atoms with Crippen LogP contribution in [0.4, 0.5) is 0 Å². The van der Waals surface area contributed by atoms with Gasteiger partial charge in [-0.05, 0) is 44.9 Å². The van der Waals surface area contributed by atoms with E-state index < -0.39 is 0 Å². The van der Waals surface area contributed by atoms with E-state index in [4.69, 9.17) is 4.74 Å². The van der Waals surface area contributed by atoms with Crippen LogP contribution in [-0.2, 0) is 24.6 Å². The Kier molecular flexibility index (Phi) is 6.35. The maximum Gasteiger partial charge on any atom is 0.274 e. The number of aromatic nitrogens is 2. The number of ether oxygens (including phenoxy) is 1. The molecule has 1 saturated carbocycles. The zero-order valence-electron chi connectivity index (χ0n) is 19.2. The van der Waals surface area contributed by atoms with Crippen LogP contribution in [0.25, 0.3) is 0 Å². The Hall–Kier alpha value is -1.44. The summed E-state index contributed by atoms with van der Waals surface area (Å²) in [5.74, 6) is 0.145. The summed E-state index contributed by atoms with van der Waals surface area (Å²) in [6.07, 6.45) is 11.9. The second-order valence-corrected chi connectivity index (χ2v) is 10.1. The van der Waals surface area contributed by atoms with Crippen LogP contribution in [0.2, 0.25) is 0 Å². The normalized spacial score (nSPS) is 26.7. The Labute approximate surface area is 186 Å². The first-order valence-electron chi connectivity index (χ1n) is 12.6. The number of fused-ring (bicyclic) bond motifs is 1. The summed E-state index contributed by atoms with van der Waals surface area (Å²) in [6.45, 7) is 6.68. The van der Waals surface area contributed by atoms with Crippen LogP contribution in [0.5, 0.6) is 0 Å². The van der Waals surface area contributed by atoms with Gasteiger partial charge in [0.05, 0.1) is 13.2 Å². The molecule has 2 saturated heterocycles. The highest BCUT2D eigenvalue weighted by Gasteiger charge is 2.39. The van der Waals surface area contributed by atoms with E-state index in [0.29, 0.717) is 11.7 Å². The predicted octanol–water partition coefficient (Wildman–Crippen LogP) is 2.14. The van der Waals surface area contributed by atoms with Crippen molar-refractivity contribution >= 4 is 5.91 Å². The number of morpholine rings is 1. The molecule has 2 aliphatic carbocycles. The molecule has 1 N–H and O–H groups in total. The standard InChI is InChI=1S/C24H39N5O2/c1-27-21-8-7-19(17-20(21)22(26-27)23(30)28-11-5-6-12-28)25-18-24(9-3-2-4-10-24)29-13-15-31-16-14-29/h19,25H,2-18H2,1H3/t19-/m0/s1. The van der Waals surface area contributed by atoms with Crippen molar-refractivity contribution in [1.82, 2.24) is 24.9 Å². The van der Waals surface area contributed by atoms with Gasteiger partial charge in [-0.15, -0.1) is 0 Å². The van der Waals surface area contributed by atoms with E-state index in [1.54, 1.807) is 0 Å². The van der Waals surface area contributed by atoms with Gasteiger partial charge < -0.3 is 15.0 Å². The summed E-state index contributed by atoms with van der Waals surface area (Å²) in [6, 6.07) is 0.432. The van der Waals surface area contributed by atoms with Gasteiger partial charge in [0.1, 0.15) is 0 Å². The number of carbonyl (C=O) groups is 1. The SMILES string of the molecule is Cn1nc(C(=O)N2CCCC2)c2c1CC[C@H](NCC1(N3CCOCC3)CCCCC1)C2. The average Bonchev–Trinajstić information content (AvgIpc) is 3.47. The molecule has 1 atom stereocenters. The van der Waals surface area contributed by atoms with E-state index in [-0.39, 0.29) is 11.4 Å². The minimum Gasteiger partial charge on any atom is -0.379 e. The third-order valence-electron chi connectivity index (χ3n) is 8.24. The minimum absolute atomic E-state index is 0.145. The molecule has 0 spiro atoms. The molecular formula is C24H39N5O2. The van der Waals surface area contributed by atoms with Gasteiger partial charge >= 0.3 is 0 Å². The minimum atomic E-state index is 0.145. The van der Waals surface area contributed by atoms with Crippen LogP contribution in [0.15, 0.2) is 0 Å². The summed E-state index contributed by atoms with van der Waals surface area (Å²) in [5, 5.41) is 8.65. The Morgan fingerprint density at radius 1 is 1.10 bits per heavy atom. The molecule has 0 unspecified atom stereocenters. The fourth-order valence-corrected chi connectivity index (χ4v) is 6.39. The molecule has 31 heavy (non-hydrogen) atoms. The van der Waals surface area contributed by atoms with E-state index in [1.807, 2.05) is 16.6 Å². The summed E-state index contributed by atoms with van der Waals surface area (Å²) >= 11 is 0. The van der Waals surface area contributed by atoms with Gasteiger partial charge in [-0.3, -0.25) is 14.4 Å². The first-order chi connectivity index (χ1) is 15.2. The van der Waals surface area contributed by atoms with Crippen molar-refractivity contribution in [3.63, 3.8) is 0 Å². The Morgan fingerprint density at radius 3 is 2.58 bits per heavy atom. The molecule has 1 aromatic rings. The third kappa shape index (κ3) is 4.29. The van der Waals surface area contributed by atoms with Crippen molar-refractivity contribution in [1.29, 1.82) is 0 Å². The highest BCUT2D eigenvalue weighted by Crippen LogP contribution is 2.34. The number of amides is 1. The van der Waals surface area contributed by atoms with Gasteiger partial charge in [-0.1, -0.05) is 19.3 Å². The number of rotatable bonds is 5. The second-order valence-electron chi connectivity index (χ2n) is 10.1. The lowest BCUT2D eigenvalue weighted by Crippen LogP contribution is -2.60.